The normalized spacial score (nSPS) is 26.1. The third-order valence-electron chi connectivity index (χ3n) is 4.80. The van der Waals surface area contributed by atoms with Gasteiger partial charge in [-0.1, -0.05) is 23.7 Å². The van der Waals surface area contributed by atoms with Crippen molar-refractivity contribution in [3.63, 3.8) is 0 Å². The highest BCUT2D eigenvalue weighted by Gasteiger charge is 2.35. The summed E-state index contributed by atoms with van der Waals surface area (Å²) in [6.07, 6.45) is 5.81. The van der Waals surface area contributed by atoms with E-state index in [1.54, 1.807) is 0 Å². The first kappa shape index (κ1) is 14.9. The number of piperidine rings is 1. The highest BCUT2D eigenvalue weighted by atomic mass is 35.5. The molecule has 1 N–H and O–H groups in total. The lowest BCUT2D eigenvalue weighted by molar-refractivity contribution is 0.0563. The van der Waals surface area contributed by atoms with Gasteiger partial charge in [-0.05, 0) is 57.2 Å². The fraction of sp³-hybridized carbons (Fsp3) is 0.588. The van der Waals surface area contributed by atoms with Crippen LogP contribution in [-0.2, 0) is 0 Å². The Bertz CT molecular complexity index is 526. The largest absolute Gasteiger partial charge is 0.334 e. The second kappa shape index (κ2) is 6.37. The van der Waals surface area contributed by atoms with Crippen molar-refractivity contribution in [3.8, 4) is 0 Å². The highest BCUT2D eigenvalue weighted by Crippen LogP contribution is 2.28. The van der Waals surface area contributed by atoms with Crippen molar-refractivity contribution in [2.75, 3.05) is 13.1 Å². The average Bonchev–Trinajstić information content (AvgIpc) is 3.03. The molecule has 21 heavy (non-hydrogen) atoms. The molecule has 2 aliphatic rings. The predicted molar refractivity (Wildman–Crippen MR) is 85.9 cm³/mol. The SMILES string of the molecule is Cc1cccc(C(=O)N2CCCCC2C2CCCN2)c1Cl. The molecule has 0 spiro atoms. The van der Waals surface area contributed by atoms with E-state index >= 15 is 0 Å². The minimum atomic E-state index is 0.0992. The van der Waals surface area contributed by atoms with Crippen LogP contribution < -0.4 is 5.32 Å². The zero-order valence-corrected chi connectivity index (χ0v) is 13.3. The Morgan fingerprint density at radius 1 is 1.29 bits per heavy atom. The molecule has 114 valence electrons. The van der Waals surface area contributed by atoms with Crippen molar-refractivity contribution in [2.45, 2.75) is 51.1 Å². The number of benzene rings is 1. The molecule has 0 saturated carbocycles. The van der Waals surface area contributed by atoms with Gasteiger partial charge in [0.1, 0.15) is 0 Å². The summed E-state index contributed by atoms with van der Waals surface area (Å²) < 4.78 is 0. The minimum Gasteiger partial charge on any atom is -0.334 e. The van der Waals surface area contributed by atoms with Gasteiger partial charge in [-0.3, -0.25) is 4.79 Å². The van der Waals surface area contributed by atoms with Crippen molar-refractivity contribution in [1.29, 1.82) is 0 Å². The predicted octanol–water partition coefficient (Wildman–Crippen LogP) is 3.40. The molecular weight excluding hydrogens is 284 g/mol. The quantitative estimate of drug-likeness (QED) is 0.908. The van der Waals surface area contributed by atoms with Crippen LogP contribution in [0.4, 0.5) is 0 Å². The van der Waals surface area contributed by atoms with E-state index in [-0.39, 0.29) is 5.91 Å². The molecule has 2 atom stereocenters. The van der Waals surface area contributed by atoms with Gasteiger partial charge in [0, 0.05) is 18.6 Å². The van der Waals surface area contributed by atoms with E-state index in [0.717, 1.165) is 31.5 Å². The molecule has 0 aliphatic carbocycles. The van der Waals surface area contributed by atoms with E-state index in [4.69, 9.17) is 11.6 Å². The lowest BCUT2D eigenvalue weighted by Crippen LogP contribution is -2.52. The number of nitrogens with zero attached hydrogens (tertiary/aromatic N) is 1. The van der Waals surface area contributed by atoms with Crippen LogP contribution in [0.15, 0.2) is 18.2 Å². The lowest BCUT2D eigenvalue weighted by Gasteiger charge is -2.39. The minimum absolute atomic E-state index is 0.0992. The van der Waals surface area contributed by atoms with E-state index in [9.17, 15) is 4.79 Å². The molecule has 2 heterocycles. The van der Waals surface area contributed by atoms with Gasteiger partial charge in [0.15, 0.2) is 0 Å². The number of aryl methyl sites for hydroxylation is 1. The summed E-state index contributed by atoms with van der Waals surface area (Å²) in [6.45, 7) is 3.88. The number of nitrogens with one attached hydrogen (secondary N) is 1. The number of carbonyl (C=O) groups excluding carboxylic acids is 1. The standard InChI is InChI=1S/C17H23ClN2O/c1-12-6-4-7-13(16(12)18)17(21)20-11-3-2-9-15(20)14-8-5-10-19-14/h4,6-7,14-15,19H,2-3,5,8-11H2,1H3. The van der Waals surface area contributed by atoms with E-state index in [1.165, 1.54) is 19.3 Å². The summed E-state index contributed by atoms with van der Waals surface area (Å²) in [7, 11) is 0. The summed E-state index contributed by atoms with van der Waals surface area (Å²) >= 11 is 6.35. The molecule has 1 aromatic rings. The van der Waals surface area contributed by atoms with Gasteiger partial charge < -0.3 is 10.2 Å². The molecule has 4 heteroatoms. The maximum absolute atomic E-state index is 13.0. The van der Waals surface area contributed by atoms with Crippen LogP contribution in [0.2, 0.25) is 5.02 Å². The second-order valence-electron chi connectivity index (χ2n) is 6.20. The maximum atomic E-state index is 13.0. The molecule has 2 saturated heterocycles. The number of hydrogen-bond acceptors (Lipinski definition) is 2. The molecule has 0 bridgehead atoms. The monoisotopic (exact) mass is 306 g/mol. The Balaban J connectivity index is 1.85. The van der Waals surface area contributed by atoms with Gasteiger partial charge in [0.2, 0.25) is 0 Å². The number of carbonyl (C=O) groups is 1. The van der Waals surface area contributed by atoms with Crippen molar-refractivity contribution < 1.29 is 4.79 Å². The Kier molecular flexibility index (Phi) is 4.51. The molecule has 2 aliphatic heterocycles. The van der Waals surface area contributed by atoms with Crippen LogP contribution in [0.25, 0.3) is 0 Å². The van der Waals surface area contributed by atoms with E-state index in [2.05, 4.69) is 10.2 Å². The van der Waals surface area contributed by atoms with Gasteiger partial charge in [-0.25, -0.2) is 0 Å². The van der Waals surface area contributed by atoms with E-state index < -0.39 is 0 Å². The van der Waals surface area contributed by atoms with Gasteiger partial charge in [-0.2, -0.15) is 0 Å². The van der Waals surface area contributed by atoms with Crippen LogP contribution in [0.1, 0.15) is 48.0 Å². The third-order valence-corrected chi connectivity index (χ3v) is 5.30. The Hall–Kier alpha value is -1.06. The summed E-state index contributed by atoms with van der Waals surface area (Å²) in [5.74, 6) is 0.0992. The molecule has 0 radical (unpaired) electrons. The second-order valence-corrected chi connectivity index (χ2v) is 6.58. The van der Waals surface area contributed by atoms with Crippen molar-refractivity contribution >= 4 is 17.5 Å². The number of halogens is 1. The first-order valence-corrected chi connectivity index (χ1v) is 8.36. The fourth-order valence-electron chi connectivity index (χ4n) is 3.64. The summed E-state index contributed by atoms with van der Waals surface area (Å²) in [6, 6.07) is 6.50. The summed E-state index contributed by atoms with van der Waals surface area (Å²) in [5, 5.41) is 4.16. The van der Waals surface area contributed by atoms with Gasteiger partial charge >= 0.3 is 0 Å². The zero-order valence-electron chi connectivity index (χ0n) is 12.6. The van der Waals surface area contributed by atoms with Crippen LogP contribution in [0.5, 0.6) is 0 Å². The highest BCUT2D eigenvalue weighted by molar-refractivity contribution is 6.34. The number of hydrogen-bond donors (Lipinski definition) is 1. The van der Waals surface area contributed by atoms with Gasteiger partial charge in [0.05, 0.1) is 10.6 Å². The van der Waals surface area contributed by atoms with Gasteiger partial charge in [-0.15, -0.1) is 0 Å². The lowest BCUT2D eigenvalue weighted by atomic mass is 9.93. The van der Waals surface area contributed by atoms with Crippen LogP contribution >= 0.6 is 11.6 Å². The van der Waals surface area contributed by atoms with E-state index in [1.807, 2.05) is 25.1 Å². The molecule has 2 fully saturated rings. The fourth-order valence-corrected chi connectivity index (χ4v) is 3.84. The van der Waals surface area contributed by atoms with Crippen LogP contribution in [0.3, 0.4) is 0 Å². The summed E-state index contributed by atoms with van der Waals surface area (Å²) in [5.41, 5.74) is 1.62. The smallest absolute Gasteiger partial charge is 0.255 e. The summed E-state index contributed by atoms with van der Waals surface area (Å²) in [4.78, 5) is 15.0. The number of amides is 1. The van der Waals surface area contributed by atoms with Crippen molar-refractivity contribution in [3.05, 3.63) is 34.3 Å². The van der Waals surface area contributed by atoms with Crippen molar-refractivity contribution in [2.24, 2.45) is 0 Å². The molecular formula is C17H23ClN2O. The third kappa shape index (κ3) is 2.95. The molecule has 0 aromatic heterocycles. The number of likely N-dealkylation sites (tertiary alicyclic amines) is 1. The van der Waals surface area contributed by atoms with E-state index in [0.29, 0.717) is 22.7 Å². The average molecular weight is 307 g/mol. The molecule has 2 unspecified atom stereocenters. The maximum Gasteiger partial charge on any atom is 0.255 e. The van der Waals surface area contributed by atoms with Gasteiger partial charge in [0.25, 0.3) is 5.91 Å². The Morgan fingerprint density at radius 2 is 2.14 bits per heavy atom. The molecule has 3 rings (SSSR count). The number of rotatable bonds is 2. The zero-order chi connectivity index (χ0) is 14.8. The first-order chi connectivity index (χ1) is 10.2. The Labute approximate surface area is 131 Å². The molecule has 1 aromatic carbocycles. The molecule has 3 nitrogen and oxygen atoms in total. The van der Waals surface area contributed by atoms with Crippen LogP contribution in [-0.4, -0.2) is 36.0 Å². The first-order valence-electron chi connectivity index (χ1n) is 7.98. The van der Waals surface area contributed by atoms with Crippen molar-refractivity contribution in [1.82, 2.24) is 10.2 Å². The molecule has 1 amide bonds. The van der Waals surface area contributed by atoms with Crippen LogP contribution in [0, 0.1) is 6.92 Å². The topological polar surface area (TPSA) is 32.3 Å². The Morgan fingerprint density at radius 3 is 2.90 bits per heavy atom.